The number of carboxylic acids is 1. The summed E-state index contributed by atoms with van der Waals surface area (Å²) < 4.78 is 12.9. The Labute approximate surface area is 110 Å². The molecule has 1 aliphatic carbocycles. The van der Waals surface area contributed by atoms with Crippen molar-refractivity contribution in [1.29, 1.82) is 0 Å². The van der Waals surface area contributed by atoms with Gasteiger partial charge in [-0.25, -0.2) is 19.2 Å². The number of aliphatic carboxylic acids is 1. The van der Waals surface area contributed by atoms with Crippen LogP contribution >= 0.6 is 0 Å². The van der Waals surface area contributed by atoms with Crippen molar-refractivity contribution in [3.05, 3.63) is 18.2 Å². The van der Waals surface area contributed by atoms with Gasteiger partial charge in [0.25, 0.3) is 0 Å². The average Bonchev–Trinajstić information content (AvgIpc) is 2.79. The van der Waals surface area contributed by atoms with Crippen LogP contribution in [0, 0.1) is 11.7 Å². The third kappa shape index (κ3) is 2.15. The summed E-state index contributed by atoms with van der Waals surface area (Å²) >= 11 is 0. The fraction of sp³-hybridized carbons (Fsp3) is 0.615. The molecule has 1 aliphatic heterocycles. The molecular formula is C13H16FN3O2. The Balaban J connectivity index is 1.94. The molecule has 1 aromatic rings. The van der Waals surface area contributed by atoms with E-state index in [1.54, 1.807) is 4.90 Å². The number of rotatable bonds is 2. The van der Waals surface area contributed by atoms with Crippen molar-refractivity contribution < 1.29 is 14.3 Å². The monoisotopic (exact) mass is 265 g/mol. The van der Waals surface area contributed by atoms with Crippen LogP contribution in [0.2, 0.25) is 0 Å². The Morgan fingerprint density at radius 2 is 2.00 bits per heavy atom. The van der Waals surface area contributed by atoms with Gasteiger partial charge in [-0.1, -0.05) is 12.8 Å². The van der Waals surface area contributed by atoms with Crippen LogP contribution in [-0.2, 0) is 4.79 Å². The number of hydrogen-bond donors (Lipinski definition) is 1. The van der Waals surface area contributed by atoms with Crippen LogP contribution in [0.25, 0.3) is 0 Å². The number of aromatic nitrogens is 2. The van der Waals surface area contributed by atoms with E-state index in [0.29, 0.717) is 18.3 Å². The minimum absolute atomic E-state index is 0.181. The molecule has 0 bridgehead atoms. The van der Waals surface area contributed by atoms with Gasteiger partial charge in [0.15, 0.2) is 5.82 Å². The van der Waals surface area contributed by atoms with E-state index in [9.17, 15) is 14.3 Å². The van der Waals surface area contributed by atoms with Crippen LogP contribution in [0.1, 0.15) is 32.1 Å². The van der Waals surface area contributed by atoms with E-state index < -0.39 is 17.8 Å². The highest BCUT2D eigenvalue weighted by atomic mass is 19.1. The Morgan fingerprint density at radius 1 is 1.32 bits per heavy atom. The molecule has 1 saturated heterocycles. The maximum Gasteiger partial charge on any atom is 0.326 e. The Hall–Kier alpha value is -1.72. The Kier molecular flexibility index (Phi) is 3.08. The highest BCUT2D eigenvalue weighted by molar-refractivity contribution is 5.78. The molecule has 0 aromatic carbocycles. The van der Waals surface area contributed by atoms with Crippen molar-refractivity contribution in [2.45, 2.75) is 44.2 Å². The summed E-state index contributed by atoms with van der Waals surface area (Å²) in [5.41, 5.74) is 0. The number of fused-ring (bicyclic) bond motifs is 1. The van der Waals surface area contributed by atoms with Crippen LogP contribution in [0.5, 0.6) is 0 Å². The van der Waals surface area contributed by atoms with Crippen molar-refractivity contribution in [1.82, 2.24) is 9.97 Å². The molecule has 2 fully saturated rings. The van der Waals surface area contributed by atoms with Crippen molar-refractivity contribution in [3.8, 4) is 0 Å². The van der Waals surface area contributed by atoms with Gasteiger partial charge in [-0.15, -0.1) is 0 Å². The second-order valence-electron chi connectivity index (χ2n) is 5.31. The van der Waals surface area contributed by atoms with Crippen molar-refractivity contribution in [2.24, 2.45) is 5.92 Å². The molecule has 1 aromatic heterocycles. The van der Waals surface area contributed by atoms with Gasteiger partial charge in [0.2, 0.25) is 5.95 Å². The molecule has 3 atom stereocenters. The van der Waals surface area contributed by atoms with Crippen LogP contribution < -0.4 is 4.90 Å². The van der Waals surface area contributed by atoms with E-state index in [1.165, 1.54) is 0 Å². The molecule has 2 aliphatic rings. The van der Waals surface area contributed by atoms with Gasteiger partial charge < -0.3 is 10.0 Å². The molecule has 3 unspecified atom stereocenters. The molecule has 19 heavy (non-hydrogen) atoms. The van der Waals surface area contributed by atoms with Crippen LogP contribution in [0.3, 0.4) is 0 Å². The number of halogens is 1. The van der Waals surface area contributed by atoms with Gasteiger partial charge in [-0.3, -0.25) is 0 Å². The SMILES string of the molecule is O=C(O)C1CC2CCCCC2N1c1ncc(F)cn1. The molecule has 6 heteroatoms. The molecule has 5 nitrogen and oxygen atoms in total. The van der Waals surface area contributed by atoms with Gasteiger partial charge in [0.05, 0.1) is 12.4 Å². The first kappa shape index (κ1) is 12.3. The number of nitrogens with zero attached hydrogens (tertiary/aromatic N) is 3. The molecule has 1 N–H and O–H groups in total. The number of anilines is 1. The van der Waals surface area contributed by atoms with E-state index in [0.717, 1.165) is 38.1 Å². The summed E-state index contributed by atoms with van der Waals surface area (Å²) in [4.78, 5) is 21.1. The first-order valence-corrected chi connectivity index (χ1v) is 6.65. The van der Waals surface area contributed by atoms with E-state index in [4.69, 9.17) is 0 Å². The van der Waals surface area contributed by atoms with Crippen LogP contribution in [0.4, 0.5) is 10.3 Å². The van der Waals surface area contributed by atoms with Crippen molar-refractivity contribution in [2.75, 3.05) is 4.90 Å². The summed E-state index contributed by atoms with van der Waals surface area (Å²) in [6, 6.07) is -0.404. The van der Waals surface area contributed by atoms with Crippen molar-refractivity contribution in [3.63, 3.8) is 0 Å². The molecular weight excluding hydrogens is 249 g/mol. The largest absolute Gasteiger partial charge is 0.480 e. The summed E-state index contributed by atoms with van der Waals surface area (Å²) in [6.45, 7) is 0. The van der Waals surface area contributed by atoms with Gasteiger partial charge >= 0.3 is 5.97 Å². The number of carboxylic acid groups (broad SMARTS) is 1. The lowest BCUT2D eigenvalue weighted by molar-refractivity contribution is -0.138. The Morgan fingerprint density at radius 3 is 2.68 bits per heavy atom. The summed E-state index contributed by atoms with van der Waals surface area (Å²) in [6.07, 6.45) is 7.12. The molecule has 3 rings (SSSR count). The molecule has 0 spiro atoms. The average molecular weight is 265 g/mol. The lowest BCUT2D eigenvalue weighted by atomic mass is 9.85. The second kappa shape index (κ2) is 4.75. The quantitative estimate of drug-likeness (QED) is 0.883. The number of hydrogen-bond acceptors (Lipinski definition) is 4. The fourth-order valence-electron chi connectivity index (χ4n) is 3.41. The Bertz CT molecular complexity index is 479. The summed E-state index contributed by atoms with van der Waals surface area (Å²) in [7, 11) is 0. The fourth-order valence-corrected chi connectivity index (χ4v) is 3.41. The second-order valence-corrected chi connectivity index (χ2v) is 5.31. The maximum atomic E-state index is 12.9. The van der Waals surface area contributed by atoms with E-state index in [1.807, 2.05) is 0 Å². The zero-order chi connectivity index (χ0) is 13.4. The predicted octanol–water partition coefficient (Wildman–Crippen LogP) is 1.84. The van der Waals surface area contributed by atoms with Crippen LogP contribution in [0.15, 0.2) is 12.4 Å². The van der Waals surface area contributed by atoms with E-state index in [-0.39, 0.29) is 6.04 Å². The van der Waals surface area contributed by atoms with Gasteiger partial charge in [-0.2, -0.15) is 0 Å². The zero-order valence-corrected chi connectivity index (χ0v) is 10.5. The van der Waals surface area contributed by atoms with Gasteiger partial charge in [-0.05, 0) is 25.2 Å². The molecule has 1 saturated carbocycles. The first-order chi connectivity index (χ1) is 9.16. The summed E-state index contributed by atoms with van der Waals surface area (Å²) in [5.74, 6) is -0.621. The predicted molar refractivity (Wildman–Crippen MR) is 66.3 cm³/mol. The van der Waals surface area contributed by atoms with Gasteiger partial charge in [0, 0.05) is 6.04 Å². The minimum Gasteiger partial charge on any atom is -0.480 e. The highest BCUT2D eigenvalue weighted by Gasteiger charge is 2.46. The van der Waals surface area contributed by atoms with Gasteiger partial charge in [0.1, 0.15) is 6.04 Å². The normalized spacial score (nSPS) is 30.2. The molecule has 102 valence electrons. The minimum atomic E-state index is -0.845. The first-order valence-electron chi connectivity index (χ1n) is 6.65. The standard InChI is InChI=1S/C13H16FN3O2/c14-9-6-15-13(16-7-9)17-10-4-2-1-3-8(10)5-11(17)12(18)19/h6-8,10-11H,1-5H2,(H,18,19). The molecule has 2 heterocycles. The molecule has 0 radical (unpaired) electrons. The zero-order valence-electron chi connectivity index (χ0n) is 10.5. The third-order valence-electron chi connectivity index (χ3n) is 4.21. The lowest BCUT2D eigenvalue weighted by Gasteiger charge is -2.32. The third-order valence-corrected chi connectivity index (χ3v) is 4.21. The van der Waals surface area contributed by atoms with Crippen molar-refractivity contribution >= 4 is 11.9 Å². The van der Waals surface area contributed by atoms with E-state index >= 15 is 0 Å². The smallest absolute Gasteiger partial charge is 0.326 e. The van der Waals surface area contributed by atoms with Crippen LogP contribution in [-0.4, -0.2) is 33.1 Å². The lowest BCUT2D eigenvalue weighted by Crippen LogP contribution is -2.43. The maximum absolute atomic E-state index is 12.9. The topological polar surface area (TPSA) is 66.3 Å². The molecule has 0 amide bonds. The number of carbonyl (C=O) groups is 1. The van der Waals surface area contributed by atoms with E-state index in [2.05, 4.69) is 9.97 Å². The summed E-state index contributed by atoms with van der Waals surface area (Å²) in [5, 5.41) is 9.38. The highest BCUT2D eigenvalue weighted by Crippen LogP contribution is 2.41.